The summed E-state index contributed by atoms with van der Waals surface area (Å²) in [5.74, 6) is -6.05. The van der Waals surface area contributed by atoms with Gasteiger partial charge in [0, 0.05) is 10.0 Å². The van der Waals surface area contributed by atoms with E-state index in [9.17, 15) is 18.0 Å². The van der Waals surface area contributed by atoms with Crippen LogP contribution in [0.5, 0.6) is 0 Å². The summed E-state index contributed by atoms with van der Waals surface area (Å²) in [5.41, 5.74) is -0.656. The first-order valence-corrected chi connectivity index (χ1v) is 4.67. The number of carboxylic acid groups (broad SMARTS) is 1. The van der Waals surface area contributed by atoms with Gasteiger partial charge < -0.3 is 5.11 Å². The second kappa shape index (κ2) is 4.22. The summed E-state index contributed by atoms with van der Waals surface area (Å²) in [6.45, 7) is 0. The van der Waals surface area contributed by atoms with Crippen LogP contribution >= 0.6 is 15.9 Å². The van der Waals surface area contributed by atoms with Crippen molar-refractivity contribution >= 4 is 21.9 Å². The van der Waals surface area contributed by atoms with Gasteiger partial charge in [-0.3, -0.25) is 4.79 Å². The molecule has 0 saturated heterocycles. The second-order valence-corrected chi connectivity index (χ2v) is 3.85. The van der Waals surface area contributed by atoms with E-state index in [0.717, 1.165) is 12.1 Å². The fourth-order valence-corrected chi connectivity index (χ4v) is 1.52. The van der Waals surface area contributed by atoms with Crippen LogP contribution in [0.4, 0.5) is 13.2 Å². The van der Waals surface area contributed by atoms with E-state index in [1.165, 1.54) is 0 Å². The Morgan fingerprint density at radius 1 is 1.40 bits per heavy atom. The zero-order chi connectivity index (χ0) is 11.6. The minimum Gasteiger partial charge on any atom is -0.481 e. The monoisotopic (exact) mass is 282 g/mol. The summed E-state index contributed by atoms with van der Waals surface area (Å²) in [6.07, 6.45) is -1.36. The topological polar surface area (TPSA) is 37.3 Å². The van der Waals surface area contributed by atoms with Gasteiger partial charge in [0.15, 0.2) is 0 Å². The molecule has 0 radical (unpaired) electrons. The predicted octanol–water partition coefficient (Wildman–Crippen LogP) is 3.15. The van der Waals surface area contributed by atoms with Crippen LogP contribution < -0.4 is 0 Å². The molecular formula is C9H6BrF3O2. The molecule has 0 aliphatic heterocycles. The molecule has 0 atom stereocenters. The van der Waals surface area contributed by atoms with E-state index in [1.807, 2.05) is 0 Å². The van der Waals surface area contributed by atoms with Crippen LogP contribution in [0.25, 0.3) is 0 Å². The Morgan fingerprint density at radius 2 is 2.00 bits per heavy atom. The molecule has 0 aliphatic rings. The van der Waals surface area contributed by atoms with Gasteiger partial charge in [-0.25, -0.2) is 13.2 Å². The number of hydrogen-bond donors (Lipinski definition) is 1. The molecule has 1 aromatic rings. The van der Waals surface area contributed by atoms with Crippen LogP contribution in [0.3, 0.4) is 0 Å². The Kier molecular flexibility index (Phi) is 3.38. The molecule has 0 amide bonds. The average Bonchev–Trinajstić information content (AvgIpc) is 1.99. The van der Waals surface area contributed by atoms with Crippen molar-refractivity contribution in [3.8, 4) is 0 Å². The Bertz CT molecular complexity index is 373. The fraction of sp³-hybridized carbons (Fsp3) is 0.222. The van der Waals surface area contributed by atoms with Crippen LogP contribution in [0, 0.1) is 5.82 Å². The first kappa shape index (κ1) is 12.0. The summed E-state index contributed by atoms with van der Waals surface area (Å²) < 4.78 is 39.3. The standard InChI is InChI=1S/C9H6BrF3O2/c10-6-1-5(2-7(11)3-6)9(12,13)4-8(14)15/h1-3H,4H2,(H,14,15). The molecule has 15 heavy (non-hydrogen) atoms. The second-order valence-electron chi connectivity index (χ2n) is 2.93. The number of carboxylic acids is 1. The van der Waals surface area contributed by atoms with Crippen molar-refractivity contribution < 1.29 is 23.1 Å². The first-order valence-electron chi connectivity index (χ1n) is 3.87. The third kappa shape index (κ3) is 3.23. The average molecular weight is 283 g/mol. The van der Waals surface area contributed by atoms with E-state index in [0.29, 0.717) is 6.07 Å². The van der Waals surface area contributed by atoms with Gasteiger partial charge in [-0.2, -0.15) is 0 Å². The molecule has 82 valence electrons. The molecule has 0 saturated carbocycles. The predicted molar refractivity (Wildman–Crippen MR) is 50.2 cm³/mol. The lowest BCUT2D eigenvalue weighted by molar-refractivity contribution is -0.145. The highest BCUT2D eigenvalue weighted by Crippen LogP contribution is 2.33. The number of aliphatic carboxylic acids is 1. The van der Waals surface area contributed by atoms with E-state index >= 15 is 0 Å². The minimum absolute atomic E-state index is 0.141. The lowest BCUT2D eigenvalue weighted by Crippen LogP contribution is -2.18. The number of rotatable bonds is 3. The van der Waals surface area contributed by atoms with Gasteiger partial charge >= 0.3 is 5.97 Å². The number of carbonyl (C=O) groups is 1. The molecule has 6 heteroatoms. The number of alkyl halides is 2. The summed E-state index contributed by atoms with van der Waals surface area (Å²) in [4.78, 5) is 10.2. The van der Waals surface area contributed by atoms with Gasteiger partial charge in [0.05, 0.1) is 0 Å². The SMILES string of the molecule is O=C(O)CC(F)(F)c1cc(F)cc(Br)c1. The van der Waals surface area contributed by atoms with E-state index in [4.69, 9.17) is 5.11 Å². The summed E-state index contributed by atoms with van der Waals surface area (Å²) in [5, 5.41) is 8.26. The third-order valence-corrected chi connectivity index (χ3v) is 2.12. The normalized spacial score (nSPS) is 11.5. The Balaban J connectivity index is 3.08. The molecule has 0 fully saturated rings. The van der Waals surface area contributed by atoms with Crippen LogP contribution in [0.2, 0.25) is 0 Å². The van der Waals surface area contributed by atoms with E-state index in [-0.39, 0.29) is 4.47 Å². The molecular weight excluding hydrogens is 277 g/mol. The minimum atomic E-state index is -3.57. The number of benzene rings is 1. The van der Waals surface area contributed by atoms with Crippen molar-refractivity contribution in [3.63, 3.8) is 0 Å². The molecule has 0 heterocycles. The van der Waals surface area contributed by atoms with E-state index in [2.05, 4.69) is 15.9 Å². The quantitative estimate of drug-likeness (QED) is 0.925. The maximum atomic E-state index is 13.2. The van der Waals surface area contributed by atoms with E-state index in [1.54, 1.807) is 0 Å². The lowest BCUT2D eigenvalue weighted by Gasteiger charge is -2.14. The highest BCUT2D eigenvalue weighted by atomic mass is 79.9. The Morgan fingerprint density at radius 3 is 2.47 bits per heavy atom. The molecule has 0 aromatic heterocycles. The van der Waals surface area contributed by atoms with Gasteiger partial charge in [0.25, 0.3) is 5.92 Å². The fourth-order valence-electron chi connectivity index (χ4n) is 1.06. The molecule has 2 nitrogen and oxygen atoms in total. The molecule has 0 unspecified atom stereocenters. The van der Waals surface area contributed by atoms with Crippen LogP contribution in [-0.4, -0.2) is 11.1 Å². The molecule has 1 rings (SSSR count). The van der Waals surface area contributed by atoms with Gasteiger partial charge in [0.2, 0.25) is 0 Å². The summed E-state index contributed by atoms with van der Waals surface area (Å²) >= 11 is 2.85. The zero-order valence-corrected chi connectivity index (χ0v) is 8.89. The van der Waals surface area contributed by atoms with Crippen LogP contribution in [0.1, 0.15) is 12.0 Å². The van der Waals surface area contributed by atoms with Gasteiger partial charge in [-0.05, 0) is 18.2 Å². The van der Waals surface area contributed by atoms with Gasteiger partial charge in [-0.15, -0.1) is 0 Å². The highest BCUT2D eigenvalue weighted by molar-refractivity contribution is 9.10. The molecule has 0 spiro atoms. The Labute approximate surface area is 91.8 Å². The van der Waals surface area contributed by atoms with Gasteiger partial charge in [0.1, 0.15) is 12.2 Å². The highest BCUT2D eigenvalue weighted by Gasteiger charge is 2.35. The summed E-state index contributed by atoms with van der Waals surface area (Å²) in [6, 6.07) is 2.63. The zero-order valence-electron chi connectivity index (χ0n) is 7.31. The van der Waals surface area contributed by atoms with Crippen molar-refractivity contribution in [1.29, 1.82) is 0 Å². The maximum absolute atomic E-state index is 13.2. The van der Waals surface area contributed by atoms with E-state index < -0.39 is 29.7 Å². The summed E-state index contributed by atoms with van der Waals surface area (Å²) in [7, 11) is 0. The van der Waals surface area contributed by atoms with Gasteiger partial charge in [-0.1, -0.05) is 15.9 Å². The first-order chi connectivity index (χ1) is 6.81. The van der Waals surface area contributed by atoms with Crippen LogP contribution in [-0.2, 0) is 10.7 Å². The smallest absolute Gasteiger partial charge is 0.309 e. The van der Waals surface area contributed by atoms with Crippen molar-refractivity contribution in [2.24, 2.45) is 0 Å². The maximum Gasteiger partial charge on any atom is 0.309 e. The molecule has 1 aromatic carbocycles. The molecule has 0 bridgehead atoms. The molecule has 0 aliphatic carbocycles. The number of hydrogen-bond acceptors (Lipinski definition) is 1. The van der Waals surface area contributed by atoms with Crippen molar-refractivity contribution in [2.45, 2.75) is 12.3 Å². The van der Waals surface area contributed by atoms with Crippen molar-refractivity contribution in [2.75, 3.05) is 0 Å². The van der Waals surface area contributed by atoms with Crippen molar-refractivity contribution in [3.05, 3.63) is 34.1 Å². The Hall–Kier alpha value is -1.04. The van der Waals surface area contributed by atoms with Crippen molar-refractivity contribution in [1.82, 2.24) is 0 Å². The lowest BCUT2D eigenvalue weighted by atomic mass is 10.1. The third-order valence-electron chi connectivity index (χ3n) is 1.66. The number of halogens is 4. The van der Waals surface area contributed by atoms with Crippen LogP contribution in [0.15, 0.2) is 22.7 Å². The molecule has 1 N–H and O–H groups in total. The largest absolute Gasteiger partial charge is 0.481 e.